The molecule has 0 aromatic heterocycles. The molecule has 1 heterocycles. The molecule has 134 valence electrons. The molecule has 0 spiro atoms. The van der Waals surface area contributed by atoms with E-state index in [0.717, 1.165) is 5.56 Å². The Bertz CT molecular complexity index is 861. The number of halogens is 2. The molecule has 2 amide bonds. The number of nitrogens with one attached hydrogen (secondary N) is 2. The molecular formula is C18H15ClFN3O2S. The maximum absolute atomic E-state index is 13.2. The maximum atomic E-state index is 13.2. The second kappa shape index (κ2) is 8.33. The van der Waals surface area contributed by atoms with Crippen molar-refractivity contribution in [1.82, 2.24) is 10.6 Å². The fourth-order valence-corrected chi connectivity index (χ4v) is 3.46. The lowest BCUT2D eigenvalue weighted by molar-refractivity contribution is -0.125. The summed E-state index contributed by atoms with van der Waals surface area (Å²) in [4.78, 5) is 28.3. The number of hydrogen-bond acceptors (Lipinski definition) is 4. The van der Waals surface area contributed by atoms with Crippen molar-refractivity contribution in [2.24, 2.45) is 4.99 Å². The lowest BCUT2D eigenvalue weighted by Crippen LogP contribution is -2.31. The van der Waals surface area contributed by atoms with Crippen LogP contribution in [0.5, 0.6) is 0 Å². The maximum Gasteiger partial charge on any atom is 0.240 e. The predicted molar refractivity (Wildman–Crippen MR) is 101 cm³/mol. The van der Waals surface area contributed by atoms with Gasteiger partial charge in [0.2, 0.25) is 11.8 Å². The van der Waals surface area contributed by atoms with Gasteiger partial charge in [-0.15, -0.1) is 0 Å². The van der Waals surface area contributed by atoms with Gasteiger partial charge in [0, 0.05) is 13.0 Å². The van der Waals surface area contributed by atoms with Crippen molar-refractivity contribution >= 4 is 46.0 Å². The summed E-state index contributed by atoms with van der Waals surface area (Å²) >= 11 is 6.88. The number of benzene rings is 2. The van der Waals surface area contributed by atoms with E-state index in [1.54, 1.807) is 0 Å². The van der Waals surface area contributed by atoms with Gasteiger partial charge in [0.25, 0.3) is 0 Å². The highest BCUT2D eigenvalue weighted by Gasteiger charge is 2.32. The number of amides is 2. The highest BCUT2D eigenvalue weighted by atomic mass is 35.5. The summed E-state index contributed by atoms with van der Waals surface area (Å²) in [7, 11) is 0. The van der Waals surface area contributed by atoms with Gasteiger partial charge in [-0.2, -0.15) is 0 Å². The minimum atomic E-state index is -0.555. The van der Waals surface area contributed by atoms with Gasteiger partial charge in [-0.3, -0.25) is 9.59 Å². The smallest absolute Gasteiger partial charge is 0.240 e. The largest absolute Gasteiger partial charge is 0.352 e. The molecule has 0 aliphatic carbocycles. The zero-order valence-corrected chi connectivity index (χ0v) is 15.1. The third-order valence-electron chi connectivity index (χ3n) is 3.61. The van der Waals surface area contributed by atoms with Crippen LogP contribution in [0.2, 0.25) is 5.02 Å². The third-order valence-corrected chi connectivity index (χ3v) is 4.99. The first-order chi connectivity index (χ1) is 12.5. The van der Waals surface area contributed by atoms with Crippen molar-refractivity contribution < 1.29 is 14.0 Å². The molecule has 2 aromatic rings. The summed E-state index contributed by atoms with van der Waals surface area (Å²) in [6.45, 7) is 0.410. The molecule has 5 nitrogen and oxygen atoms in total. The summed E-state index contributed by atoms with van der Waals surface area (Å²) in [5.41, 5.74) is 1.41. The summed E-state index contributed by atoms with van der Waals surface area (Å²) in [5.74, 6) is -1.03. The number of aliphatic imine (C=N–C) groups is 1. The molecule has 0 unspecified atom stereocenters. The van der Waals surface area contributed by atoms with Crippen LogP contribution in [0.25, 0.3) is 0 Å². The molecular weight excluding hydrogens is 377 g/mol. The van der Waals surface area contributed by atoms with E-state index in [1.807, 2.05) is 30.3 Å². The van der Waals surface area contributed by atoms with Gasteiger partial charge in [-0.1, -0.05) is 53.7 Å². The zero-order valence-electron chi connectivity index (χ0n) is 13.5. The van der Waals surface area contributed by atoms with E-state index in [-0.39, 0.29) is 23.3 Å². The SMILES string of the molecule is O=C(C[C@H]1SC(=Nc2ccc(F)c(Cl)c2)NC1=O)NCc1ccccc1. The number of rotatable bonds is 5. The van der Waals surface area contributed by atoms with E-state index in [1.165, 1.54) is 30.0 Å². The molecule has 3 rings (SSSR count). The molecule has 8 heteroatoms. The molecule has 1 atom stereocenters. The first-order valence-electron chi connectivity index (χ1n) is 7.83. The molecule has 0 saturated carbocycles. The van der Waals surface area contributed by atoms with E-state index in [0.29, 0.717) is 17.4 Å². The lowest BCUT2D eigenvalue weighted by atomic mass is 10.2. The zero-order chi connectivity index (χ0) is 18.5. The average Bonchev–Trinajstić information content (AvgIpc) is 2.96. The van der Waals surface area contributed by atoms with Crippen LogP contribution >= 0.6 is 23.4 Å². The van der Waals surface area contributed by atoms with Crippen molar-refractivity contribution in [2.75, 3.05) is 0 Å². The van der Waals surface area contributed by atoms with Crippen LogP contribution in [0.4, 0.5) is 10.1 Å². The molecule has 2 aromatic carbocycles. The second-order valence-corrected chi connectivity index (χ2v) is 7.18. The number of carbonyl (C=O) groups excluding carboxylic acids is 2. The van der Waals surface area contributed by atoms with E-state index < -0.39 is 11.1 Å². The predicted octanol–water partition coefficient (Wildman–Crippen LogP) is 3.40. The highest BCUT2D eigenvalue weighted by Crippen LogP contribution is 2.27. The van der Waals surface area contributed by atoms with E-state index in [2.05, 4.69) is 15.6 Å². The Morgan fingerprint density at radius 3 is 2.77 bits per heavy atom. The van der Waals surface area contributed by atoms with E-state index in [9.17, 15) is 14.0 Å². The van der Waals surface area contributed by atoms with Crippen LogP contribution in [0.15, 0.2) is 53.5 Å². The normalized spacial score (nSPS) is 18.0. The Morgan fingerprint density at radius 1 is 1.27 bits per heavy atom. The minimum absolute atomic E-state index is 0.0435. The van der Waals surface area contributed by atoms with Gasteiger partial charge < -0.3 is 10.6 Å². The standard InChI is InChI=1S/C18H15ClFN3O2S/c19-13-8-12(6-7-14(13)20)22-18-23-17(25)15(26-18)9-16(24)21-10-11-4-2-1-3-5-11/h1-8,15H,9-10H2,(H,21,24)(H,22,23,25)/t15-/m1/s1. The molecule has 1 fully saturated rings. The van der Waals surface area contributed by atoms with Crippen molar-refractivity contribution in [3.8, 4) is 0 Å². The van der Waals surface area contributed by atoms with Crippen LogP contribution in [0.3, 0.4) is 0 Å². The van der Waals surface area contributed by atoms with Crippen molar-refractivity contribution in [2.45, 2.75) is 18.2 Å². The molecule has 1 aliphatic rings. The molecule has 0 bridgehead atoms. The van der Waals surface area contributed by atoms with Gasteiger partial charge in [0.05, 0.1) is 10.7 Å². The topological polar surface area (TPSA) is 70.6 Å². The first kappa shape index (κ1) is 18.4. The van der Waals surface area contributed by atoms with E-state index in [4.69, 9.17) is 11.6 Å². The van der Waals surface area contributed by atoms with Crippen molar-refractivity contribution in [3.05, 3.63) is 64.9 Å². The third kappa shape index (κ3) is 4.83. The highest BCUT2D eigenvalue weighted by molar-refractivity contribution is 8.15. The Balaban J connectivity index is 1.56. The Hall–Kier alpha value is -2.38. The fraction of sp³-hybridized carbons (Fsp3) is 0.167. The second-order valence-electron chi connectivity index (χ2n) is 5.58. The monoisotopic (exact) mass is 391 g/mol. The van der Waals surface area contributed by atoms with Gasteiger partial charge in [-0.25, -0.2) is 9.38 Å². The number of hydrogen-bond donors (Lipinski definition) is 2. The number of nitrogens with zero attached hydrogens (tertiary/aromatic N) is 1. The Morgan fingerprint density at radius 2 is 2.04 bits per heavy atom. The molecule has 26 heavy (non-hydrogen) atoms. The number of amidine groups is 1. The van der Waals surface area contributed by atoms with Crippen LogP contribution < -0.4 is 10.6 Å². The van der Waals surface area contributed by atoms with Crippen LogP contribution in [-0.2, 0) is 16.1 Å². The molecule has 1 aliphatic heterocycles. The summed E-state index contributed by atoms with van der Waals surface area (Å²) in [6, 6.07) is 13.6. The molecule has 2 N–H and O–H groups in total. The van der Waals surface area contributed by atoms with Gasteiger partial charge in [-0.05, 0) is 23.8 Å². The van der Waals surface area contributed by atoms with Crippen LogP contribution in [0, 0.1) is 5.82 Å². The molecule has 0 radical (unpaired) electrons. The average molecular weight is 392 g/mol. The van der Waals surface area contributed by atoms with Gasteiger partial charge >= 0.3 is 0 Å². The quantitative estimate of drug-likeness (QED) is 0.820. The summed E-state index contributed by atoms with van der Waals surface area (Å²) in [5, 5.41) is 5.18. The van der Waals surface area contributed by atoms with Gasteiger partial charge in [0.1, 0.15) is 11.1 Å². The fourth-order valence-electron chi connectivity index (χ4n) is 2.30. The number of thioether (sulfide) groups is 1. The lowest BCUT2D eigenvalue weighted by Gasteiger charge is -2.07. The minimum Gasteiger partial charge on any atom is -0.352 e. The summed E-state index contributed by atoms with van der Waals surface area (Å²) in [6.07, 6.45) is 0.0481. The van der Waals surface area contributed by atoms with Crippen LogP contribution in [0.1, 0.15) is 12.0 Å². The Labute approximate surface area is 159 Å². The summed E-state index contributed by atoms with van der Waals surface area (Å²) < 4.78 is 13.2. The van der Waals surface area contributed by atoms with Gasteiger partial charge in [0.15, 0.2) is 5.17 Å². The van der Waals surface area contributed by atoms with E-state index >= 15 is 0 Å². The molecule has 1 saturated heterocycles. The first-order valence-corrected chi connectivity index (χ1v) is 9.09. The number of carbonyl (C=O) groups is 2. The van der Waals surface area contributed by atoms with Crippen molar-refractivity contribution in [3.63, 3.8) is 0 Å². The van der Waals surface area contributed by atoms with Crippen molar-refractivity contribution in [1.29, 1.82) is 0 Å². The van der Waals surface area contributed by atoms with Crippen LogP contribution in [-0.4, -0.2) is 22.2 Å². The Kier molecular flexibility index (Phi) is 5.90.